The highest BCUT2D eigenvalue weighted by molar-refractivity contribution is 5.01. The van der Waals surface area contributed by atoms with Gasteiger partial charge in [0.05, 0.1) is 0 Å². The number of rotatable bonds is 1. The van der Waals surface area contributed by atoms with Gasteiger partial charge in [-0.1, -0.05) is 26.7 Å². The van der Waals surface area contributed by atoms with Gasteiger partial charge in [0.15, 0.2) is 5.60 Å². The van der Waals surface area contributed by atoms with Crippen LogP contribution in [0.5, 0.6) is 0 Å². The molecule has 0 heterocycles. The average Bonchev–Trinajstić information content (AvgIpc) is 2.77. The van der Waals surface area contributed by atoms with Crippen molar-refractivity contribution >= 4 is 0 Å². The van der Waals surface area contributed by atoms with Gasteiger partial charge in [0.1, 0.15) is 0 Å². The van der Waals surface area contributed by atoms with E-state index < -0.39 is 17.7 Å². The monoisotopic (exact) mass is 252 g/mol. The first-order valence-corrected chi connectivity index (χ1v) is 6.53. The van der Waals surface area contributed by atoms with Crippen molar-refractivity contribution in [1.82, 2.24) is 0 Å². The number of alkyl halides is 3. The molecule has 1 N–H and O–H groups in total. The molecule has 0 amide bonds. The second-order valence-corrected chi connectivity index (χ2v) is 5.63. The van der Waals surface area contributed by atoms with E-state index >= 15 is 0 Å². The van der Waals surface area contributed by atoms with Crippen LogP contribution in [0.1, 0.15) is 52.9 Å². The summed E-state index contributed by atoms with van der Waals surface area (Å²) in [6, 6.07) is 0. The molecule has 0 aromatic carbocycles. The fourth-order valence-electron chi connectivity index (χ4n) is 3.14. The Labute approximate surface area is 101 Å². The molecule has 4 heteroatoms. The smallest absolute Gasteiger partial charge is 0.380 e. The lowest BCUT2D eigenvalue weighted by Crippen LogP contribution is -2.50. The van der Waals surface area contributed by atoms with Gasteiger partial charge in [0.25, 0.3) is 0 Å². The van der Waals surface area contributed by atoms with E-state index in [2.05, 4.69) is 13.8 Å². The second kappa shape index (κ2) is 5.17. The predicted octanol–water partition coefficient (Wildman–Crippen LogP) is 4.15. The van der Waals surface area contributed by atoms with Crippen molar-refractivity contribution in [2.45, 2.75) is 64.7 Å². The number of halogens is 3. The molecule has 1 nitrogen and oxygen atoms in total. The van der Waals surface area contributed by atoms with Gasteiger partial charge in [-0.2, -0.15) is 13.2 Å². The second-order valence-electron chi connectivity index (χ2n) is 5.63. The first kappa shape index (κ1) is 14.8. The molecule has 0 radical (unpaired) electrons. The van der Waals surface area contributed by atoms with E-state index in [9.17, 15) is 18.3 Å². The minimum absolute atomic E-state index is 0.0941. The first-order valence-electron chi connectivity index (χ1n) is 6.53. The van der Waals surface area contributed by atoms with E-state index in [0.717, 1.165) is 26.2 Å². The van der Waals surface area contributed by atoms with Crippen LogP contribution in [0.25, 0.3) is 0 Å². The zero-order valence-corrected chi connectivity index (χ0v) is 10.8. The third kappa shape index (κ3) is 2.95. The minimum atomic E-state index is -4.48. The van der Waals surface area contributed by atoms with E-state index in [1.807, 2.05) is 0 Å². The summed E-state index contributed by atoms with van der Waals surface area (Å²) in [5.74, 6) is -0.0447. The molecule has 0 spiro atoms. The van der Waals surface area contributed by atoms with Crippen LogP contribution >= 0.6 is 0 Å². The van der Waals surface area contributed by atoms with Crippen molar-refractivity contribution in [3.8, 4) is 0 Å². The van der Waals surface area contributed by atoms with Gasteiger partial charge in [-0.15, -0.1) is 0 Å². The molecular weight excluding hydrogens is 229 g/mol. The fraction of sp³-hybridized carbons (Fsp3) is 1.00. The summed E-state index contributed by atoms with van der Waals surface area (Å²) in [6.45, 7) is 5.18. The van der Waals surface area contributed by atoms with Crippen LogP contribution in [0.3, 0.4) is 0 Å². The van der Waals surface area contributed by atoms with Gasteiger partial charge in [0.2, 0.25) is 0 Å². The lowest BCUT2D eigenvalue weighted by Gasteiger charge is -2.37. The Morgan fingerprint density at radius 2 is 1.65 bits per heavy atom. The molecule has 2 aliphatic carbocycles. The van der Waals surface area contributed by atoms with Crippen molar-refractivity contribution in [1.29, 1.82) is 0 Å². The average molecular weight is 252 g/mol. The Morgan fingerprint density at radius 3 is 1.94 bits per heavy atom. The first-order chi connectivity index (χ1) is 7.74. The van der Waals surface area contributed by atoms with E-state index in [-0.39, 0.29) is 5.92 Å². The predicted molar refractivity (Wildman–Crippen MR) is 61.6 cm³/mol. The number of fused-ring (bicyclic) bond motifs is 2. The molecule has 4 unspecified atom stereocenters. The van der Waals surface area contributed by atoms with Gasteiger partial charge in [0, 0.05) is 0 Å². The summed E-state index contributed by atoms with van der Waals surface area (Å²) in [7, 11) is 0. The summed E-state index contributed by atoms with van der Waals surface area (Å²) in [5, 5.41) is 9.55. The normalized spacial score (nSPS) is 35.1. The summed E-state index contributed by atoms with van der Waals surface area (Å²) in [6.07, 6.45) is 0.118. The molecule has 2 rings (SSSR count). The van der Waals surface area contributed by atoms with Crippen LogP contribution in [0.4, 0.5) is 13.2 Å². The third-order valence-corrected chi connectivity index (χ3v) is 4.03. The van der Waals surface area contributed by atoms with Gasteiger partial charge in [-0.3, -0.25) is 0 Å². The molecular formula is C13H23F3O. The molecule has 0 aromatic heterocycles. The Bertz CT molecular complexity index is 248. The lowest BCUT2D eigenvalue weighted by atomic mass is 9.77. The molecule has 0 saturated heterocycles. The van der Waals surface area contributed by atoms with Crippen LogP contribution < -0.4 is 0 Å². The highest BCUT2D eigenvalue weighted by Gasteiger charge is 2.59. The van der Waals surface area contributed by atoms with Crippen molar-refractivity contribution in [2.75, 3.05) is 0 Å². The molecule has 102 valence electrons. The zero-order valence-electron chi connectivity index (χ0n) is 10.8. The van der Waals surface area contributed by atoms with Crippen LogP contribution in [-0.2, 0) is 0 Å². The van der Waals surface area contributed by atoms with Crippen molar-refractivity contribution in [2.24, 2.45) is 17.8 Å². The third-order valence-electron chi connectivity index (χ3n) is 4.03. The van der Waals surface area contributed by atoms with Crippen molar-refractivity contribution < 1.29 is 18.3 Å². The van der Waals surface area contributed by atoms with Crippen molar-refractivity contribution in [3.63, 3.8) is 0 Å². The van der Waals surface area contributed by atoms with Gasteiger partial charge >= 0.3 is 6.18 Å². The van der Waals surface area contributed by atoms with E-state index in [4.69, 9.17) is 0 Å². The summed E-state index contributed by atoms with van der Waals surface area (Å²) in [5.41, 5.74) is -2.48. The SMILES string of the molecule is CC(O)(C1CC2CCC1C2)C(F)(F)F.CCC. The Kier molecular flexibility index (Phi) is 4.50. The summed E-state index contributed by atoms with van der Waals surface area (Å²) in [4.78, 5) is 0. The molecule has 0 aromatic rings. The molecule has 17 heavy (non-hydrogen) atoms. The van der Waals surface area contributed by atoms with Crippen LogP contribution in [0.15, 0.2) is 0 Å². The van der Waals surface area contributed by atoms with E-state index in [1.165, 1.54) is 6.42 Å². The maximum atomic E-state index is 12.6. The fourth-order valence-corrected chi connectivity index (χ4v) is 3.14. The Balaban J connectivity index is 0.000000437. The van der Waals surface area contributed by atoms with Gasteiger partial charge in [-0.25, -0.2) is 0 Å². The number of aliphatic hydroxyl groups is 1. The highest BCUT2D eigenvalue weighted by atomic mass is 19.4. The van der Waals surface area contributed by atoms with Gasteiger partial charge in [-0.05, 0) is 43.9 Å². The van der Waals surface area contributed by atoms with Gasteiger partial charge < -0.3 is 5.11 Å². The summed E-state index contributed by atoms with van der Waals surface area (Å²) < 4.78 is 37.7. The maximum absolute atomic E-state index is 12.6. The number of hydrogen-bond donors (Lipinski definition) is 1. The molecule has 4 atom stereocenters. The molecule has 2 fully saturated rings. The van der Waals surface area contributed by atoms with Crippen molar-refractivity contribution in [3.05, 3.63) is 0 Å². The lowest BCUT2D eigenvalue weighted by molar-refractivity contribution is -0.277. The van der Waals surface area contributed by atoms with Crippen LogP contribution in [-0.4, -0.2) is 16.9 Å². The maximum Gasteiger partial charge on any atom is 0.417 e. The largest absolute Gasteiger partial charge is 0.417 e. The topological polar surface area (TPSA) is 20.2 Å². The Hall–Kier alpha value is -0.250. The highest BCUT2D eigenvalue weighted by Crippen LogP contribution is 2.55. The zero-order chi connectivity index (χ0) is 13.3. The van der Waals surface area contributed by atoms with E-state index in [1.54, 1.807) is 0 Å². The van der Waals surface area contributed by atoms with E-state index in [0.29, 0.717) is 12.3 Å². The molecule has 2 bridgehead atoms. The standard InChI is InChI=1S/C10H15F3O.C3H8/c1-9(14,10(11,12)13)8-5-6-2-3-7(8)4-6;1-3-2/h6-8,14H,2-5H2,1H3;3H2,1-2H3. The van der Waals surface area contributed by atoms with Crippen LogP contribution in [0.2, 0.25) is 0 Å². The summed E-state index contributed by atoms with van der Waals surface area (Å²) >= 11 is 0. The molecule has 2 saturated carbocycles. The molecule has 0 aliphatic heterocycles. The molecule has 2 aliphatic rings. The van der Waals surface area contributed by atoms with Crippen LogP contribution in [0, 0.1) is 17.8 Å². The quantitative estimate of drug-likeness (QED) is 0.743. The number of hydrogen-bond acceptors (Lipinski definition) is 1. The Morgan fingerprint density at radius 1 is 1.12 bits per heavy atom. The minimum Gasteiger partial charge on any atom is -0.380 e.